The van der Waals surface area contributed by atoms with Crippen LogP contribution in [0.25, 0.3) is 0 Å². The number of thiophene rings is 1. The third-order valence-corrected chi connectivity index (χ3v) is 3.13. The number of thiol groups is 1. The molecule has 0 aliphatic carbocycles. The molecule has 1 aromatic heterocycles. The fourth-order valence-electron chi connectivity index (χ4n) is 1.20. The van der Waals surface area contributed by atoms with Crippen LogP contribution in [0.2, 0.25) is 0 Å². The summed E-state index contributed by atoms with van der Waals surface area (Å²) >= 11 is 5.59. The van der Waals surface area contributed by atoms with Crippen molar-refractivity contribution in [3.05, 3.63) is 21.9 Å². The van der Waals surface area contributed by atoms with Gasteiger partial charge in [-0.15, -0.1) is 11.3 Å². The molecule has 1 aromatic rings. The lowest BCUT2D eigenvalue weighted by molar-refractivity contribution is 0.0171. The van der Waals surface area contributed by atoms with E-state index >= 15 is 0 Å². The highest BCUT2D eigenvalue weighted by Crippen LogP contribution is 2.26. The van der Waals surface area contributed by atoms with Crippen LogP contribution in [-0.4, -0.2) is 22.1 Å². The highest BCUT2D eigenvalue weighted by atomic mass is 32.1. The number of aliphatic hydroxyl groups excluding tert-OH is 2. The topological polar surface area (TPSA) is 40.5 Å². The van der Waals surface area contributed by atoms with Crippen molar-refractivity contribution in [2.75, 3.05) is 5.75 Å². The van der Waals surface area contributed by atoms with E-state index in [-0.39, 0.29) is 0 Å². The van der Waals surface area contributed by atoms with Crippen molar-refractivity contribution in [1.82, 2.24) is 0 Å². The highest BCUT2D eigenvalue weighted by molar-refractivity contribution is 7.80. The molecule has 0 aliphatic heterocycles. The maximum atomic E-state index is 9.71. The Kier molecular flexibility index (Phi) is 4.25. The van der Waals surface area contributed by atoms with Crippen LogP contribution < -0.4 is 0 Å². The van der Waals surface area contributed by atoms with Crippen LogP contribution >= 0.6 is 24.0 Å². The summed E-state index contributed by atoms with van der Waals surface area (Å²) in [5, 5.41) is 21.2. The van der Waals surface area contributed by atoms with E-state index in [2.05, 4.69) is 12.6 Å². The molecular formula is C9H14O2S2. The van der Waals surface area contributed by atoms with Gasteiger partial charge in [0.1, 0.15) is 6.10 Å². The van der Waals surface area contributed by atoms with Crippen LogP contribution in [-0.2, 0) is 0 Å². The average molecular weight is 218 g/mol. The monoisotopic (exact) mass is 218 g/mol. The van der Waals surface area contributed by atoms with Gasteiger partial charge in [-0.25, -0.2) is 0 Å². The van der Waals surface area contributed by atoms with Crippen molar-refractivity contribution in [1.29, 1.82) is 0 Å². The zero-order chi connectivity index (χ0) is 9.84. The summed E-state index contributed by atoms with van der Waals surface area (Å²) in [7, 11) is 0. The van der Waals surface area contributed by atoms with E-state index in [1.54, 1.807) is 11.3 Å². The van der Waals surface area contributed by atoms with Gasteiger partial charge in [0.25, 0.3) is 0 Å². The fourth-order valence-corrected chi connectivity index (χ4v) is 2.21. The second-order valence-electron chi connectivity index (χ2n) is 2.96. The molecule has 1 rings (SSSR count). The maximum Gasteiger partial charge on any atom is 0.106 e. The van der Waals surface area contributed by atoms with Crippen LogP contribution in [0.5, 0.6) is 0 Å². The molecule has 0 bridgehead atoms. The first-order valence-electron chi connectivity index (χ1n) is 4.17. The minimum absolute atomic E-state index is 0.513. The summed E-state index contributed by atoms with van der Waals surface area (Å²) in [5.74, 6) is 0.585. The average Bonchev–Trinajstić information content (AvgIpc) is 2.50. The maximum absolute atomic E-state index is 9.71. The number of aryl methyl sites for hydroxylation is 1. The summed E-state index contributed by atoms with van der Waals surface area (Å²) in [6.07, 6.45) is -0.955. The minimum atomic E-state index is -0.765. The molecule has 0 spiro atoms. The molecule has 2 atom stereocenters. The summed E-state index contributed by atoms with van der Waals surface area (Å²) in [6.45, 7) is 1.94. The molecule has 74 valence electrons. The predicted octanol–water partition coefficient (Wildman–Crippen LogP) is 1.77. The van der Waals surface area contributed by atoms with Gasteiger partial charge in [0.2, 0.25) is 0 Å². The Balaban J connectivity index is 2.67. The number of hydrogen-bond donors (Lipinski definition) is 3. The standard InChI is InChI=1S/C9H14O2S2/c1-6-7(3-5-13-6)9(11)8(10)2-4-12/h3,5,8-12H,2,4H2,1H3. The van der Waals surface area contributed by atoms with Gasteiger partial charge in [0.05, 0.1) is 6.10 Å². The molecule has 4 heteroatoms. The largest absolute Gasteiger partial charge is 0.390 e. The summed E-state index contributed by atoms with van der Waals surface area (Å²) in [5.41, 5.74) is 0.833. The van der Waals surface area contributed by atoms with Gasteiger partial charge >= 0.3 is 0 Å². The summed E-state index contributed by atoms with van der Waals surface area (Å²) in [6, 6.07) is 1.85. The van der Waals surface area contributed by atoms with E-state index in [1.165, 1.54) is 0 Å². The molecule has 0 aromatic carbocycles. The van der Waals surface area contributed by atoms with E-state index < -0.39 is 12.2 Å². The van der Waals surface area contributed by atoms with Crippen molar-refractivity contribution in [3.63, 3.8) is 0 Å². The molecule has 0 amide bonds. The van der Waals surface area contributed by atoms with Gasteiger partial charge in [-0.05, 0) is 36.1 Å². The fraction of sp³-hybridized carbons (Fsp3) is 0.556. The molecule has 0 radical (unpaired) electrons. The normalized spacial score (nSPS) is 15.7. The smallest absolute Gasteiger partial charge is 0.106 e. The Morgan fingerprint density at radius 3 is 2.69 bits per heavy atom. The quantitative estimate of drug-likeness (QED) is 0.674. The van der Waals surface area contributed by atoms with Crippen molar-refractivity contribution in [2.45, 2.75) is 25.6 Å². The molecule has 13 heavy (non-hydrogen) atoms. The van der Waals surface area contributed by atoms with Crippen molar-refractivity contribution < 1.29 is 10.2 Å². The SMILES string of the molecule is Cc1sccc1C(O)C(O)CCS. The third kappa shape index (κ3) is 2.71. The molecule has 0 fully saturated rings. The Labute approximate surface area is 87.6 Å². The summed E-state index contributed by atoms with van der Waals surface area (Å²) in [4.78, 5) is 1.06. The molecule has 2 unspecified atom stereocenters. The lowest BCUT2D eigenvalue weighted by Crippen LogP contribution is -2.18. The molecule has 0 saturated carbocycles. The second-order valence-corrected chi connectivity index (χ2v) is 4.52. The predicted molar refractivity (Wildman–Crippen MR) is 58.5 cm³/mol. The Morgan fingerprint density at radius 1 is 1.54 bits per heavy atom. The Morgan fingerprint density at radius 2 is 2.23 bits per heavy atom. The highest BCUT2D eigenvalue weighted by Gasteiger charge is 2.19. The van der Waals surface area contributed by atoms with Crippen molar-refractivity contribution in [2.24, 2.45) is 0 Å². The van der Waals surface area contributed by atoms with E-state index in [0.29, 0.717) is 12.2 Å². The molecular weight excluding hydrogens is 204 g/mol. The van der Waals surface area contributed by atoms with E-state index in [9.17, 15) is 10.2 Å². The van der Waals surface area contributed by atoms with Gasteiger partial charge in [-0.3, -0.25) is 0 Å². The first-order valence-corrected chi connectivity index (χ1v) is 5.69. The number of aliphatic hydroxyl groups is 2. The number of hydrogen-bond acceptors (Lipinski definition) is 4. The van der Waals surface area contributed by atoms with Crippen LogP contribution in [0.3, 0.4) is 0 Å². The van der Waals surface area contributed by atoms with Crippen molar-refractivity contribution >= 4 is 24.0 Å². The zero-order valence-corrected chi connectivity index (χ0v) is 9.18. The van der Waals surface area contributed by atoms with Gasteiger partial charge in [0.15, 0.2) is 0 Å². The molecule has 2 N–H and O–H groups in total. The molecule has 2 nitrogen and oxygen atoms in total. The van der Waals surface area contributed by atoms with Crippen molar-refractivity contribution in [3.8, 4) is 0 Å². The second kappa shape index (κ2) is 5.00. The molecule has 0 aliphatic rings. The number of rotatable bonds is 4. The molecule has 0 saturated heterocycles. The minimum Gasteiger partial charge on any atom is -0.390 e. The van der Waals surface area contributed by atoms with E-state index in [0.717, 1.165) is 10.4 Å². The summed E-state index contributed by atoms with van der Waals surface area (Å²) < 4.78 is 0. The first kappa shape index (κ1) is 11.0. The Bertz CT molecular complexity index is 260. The van der Waals surface area contributed by atoms with Crippen LogP contribution in [0.15, 0.2) is 11.4 Å². The van der Waals surface area contributed by atoms with Gasteiger partial charge in [-0.1, -0.05) is 0 Å². The van der Waals surface area contributed by atoms with E-state index in [4.69, 9.17) is 0 Å². The van der Waals surface area contributed by atoms with Gasteiger partial charge in [-0.2, -0.15) is 12.6 Å². The van der Waals surface area contributed by atoms with Crippen LogP contribution in [0.1, 0.15) is 23.0 Å². The lowest BCUT2D eigenvalue weighted by atomic mass is 10.0. The lowest BCUT2D eigenvalue weighted by Gasteiger charge is -2.16. The molecule has 1 heterocycles. The third-order valence-electron chi connectivity index (χ3n) is 2.01. The first-order chi connectivity index (χ1) is 6.16. The van der Waals surface area contributed by atoms with Gasteiger partial charge in [0, 0.05) is 4.88 Å². The van der Waals surface area contributed by atoms with Crippen LogP contribution in [0.4, 0.5) is 0 Å². The van der Waals surface area contributed by atoms with Gasteiger partial charge < -0.3 is 10.2 Å². The Hall–Kier alpha value is -0.0300. The van der Waals surface area contributed by atoms with E-state index in [1.807, 2.05) is 18.4 Å². The zero-order valence-electron chi connectivity index (χ0n) is 7.47. The van der Waals surface area contributed by atoms with Crippen LogP contribution in [0, 0.1) is 6.92 Å².